The molecule has 21 heavy (non-hydrogen) atoms. The molecule has 1 aliphatic heterocycles. The van der Waals surface area contributed by atoms with E-state index in [0.717, 1.165) is 0 Å². The highest BCUT2D eigenvalue weighted by atomic mass is 32.2. The molecular formula is C14H21FN2O3S. The molecular weight excluding hydrogens is 295 g/mol. The summed E-state index contributed by atoms with van der Waals surface area (Å²) in [5.41, 5.74) is 0.504. The molecule has 1 aromatic carbocycles. The number of morpholine rings is 1. The van der Waals surface area contributed by atoms with Crippen LogP contribution in [0.15, 0.2) is 24.3 Å². The van der Waals surface area contributed by atoms with Gasteiger partial charge in [-0.05, 0) is 31.9 Å². The average Bonchev–Trinajstić information content (AvgIpc) is 2.40. The van der Waals surface area contributed by atoms with Crippen LogP contribution in [-0.2, 0) is 21.4 Å². The van der Waals surface area contributed by atoms with Crippen molar-refractivity contribution >= 4 is 10.2 Å². The van der Waals surface area contributed by atoms with Crippen LogP contribution in [-0.4, -0.2) is 44.6 Å². The summed E-state index contributed by atoms with van der Waals surface area (Å²) in [6.45, 7) is 4.52. The van der Waals surface area contributed by atoms with Crippen LogP contribution in [0.2, 0.25) is 0 Å². The highest BCUT2D eigenvalue weighted by molar-refractivity contribution is 7.87. The third kappa shape index (κ3) is 4.47. The summed E-state index contributed by atoms with van der Waals surface area (Å²) >= 11 is 0. The van der Waals surface area contributed by atoms with Crippen molar-refractivity contribution in [2.24, 2.45) is 0 Å². The number of hydrogen-bond acceptors (Lipinski definition) is 3. The molecule has 0 amide bonds. The van der Waals surface area contributed by atoms with E-state index in [2.05, 4.69) is 4.72 Å². The molecule has 0 aromatic heterocycles. The zero-order valence-electron chi connectivity index (χ0n) is 12.3. The number of nitrogens with zero attached hydrogens (tertiary/aromatic N) is 1. The number of benzene rings is 1. The second kappa shape index (κ2) is 6.83. The van der Waals surface area contributed by atoms with Crippen molar-refractivity contribution < 1.29 is 17.5 Å². The predicted octanol–water partition coefficient (Wildman–Crippen LogP) is 1.31. The summed E-state index contributed by atoms with van der Waals surface area (Å²) in [4.78, 5) is 0. The fourth-order valence-electron chi connectivity index (χ4n) is 2.43. The Labute approximate surface area is 125 Å². The van der Waals surface area contributed by atoms with E-state index in [9.17, 15) is 12.8 Å². The molecule has 2 rings (SSSR count). The van der Waals surface area contributed by atoms with Crippen LogP contribution in [0.25, 0.3) is 0 Å². The SMILES string of the molecule is CC1CN(S(=O)(=O)NCCc2ccccc2F)CC(C)O1. The molecule has 1 heterocycles. The Morgan fingerprint density at radius 2 is 1.90 bits per heavy atom. The third-order valence-electron chi connectivity index (χ3n) is 3.36. The Bertz CT molecular complexity index is 569. The summed E-state index contributed by atoms with van der Waals surface area (Å²) in [5.74, 6) is -0.315. The first-order chi connectivity index (χ1) is 9.88. The van der Waals surface area contributed by atoms with Gasteiger partial charge in [-0.3, -0.25) is 0 Å². The van der Waals surface area contributed by atoms with Gasteiger partial charge in [-0.1, -0.05) is 18.2 Å². The number of hydrogen-bond donors (Lipinski definition) is 1. The van der Waals surface area contributed by atoms with Gasteiger partial charge in [0.15, 0.2) is 0 Å². The second-order valence-electron chi connectivity index (χ2n) is 5.32. The van der Waals surface area contributed by atoms with Crippen molar-refractivity contribution in [3.8, 4) is 0 Å². The van der Waals surface area contributed by atoms with E-state index in [0.29, 0.717) is 25.1 Å². The topological polar surface area (TPSA) is 58.6 Å². The lowest BCUT2D eigenvalue weighted by Crippen LogP contribution is -2.52. The van der Waals surface area contributed by atoms with Gasteiger partial charge >= 0.3 is 0 Å². The molecule has 1 N–H and O–H groups in total. The van der Waals surface area contributed by atoms with E-state index in [1.54, 1.807) is 18.2 Å². The van der Waals surface area contributed by atoms with E-state index in [1.807, 2.05) is 13.8 Å². The maximum absolute atomic E-state index is 13.5. The fourth-order valence-corrected chi connectivity index (χ4v) is 3.79. The van der Waals surface area contributed by atoms with Crippen LogP contribution in [0.4, 0.5) is 4.39 Å². The van der Waals surface area contributed by atoms with Crippen molar-refractivity contribution in [1.82, 2.24) is 9.03 Å². The summed E-state index contributed by atoms with van der Waals surface area (Å²) in [6, 6.07) is 6.37. The minimum Gasteiger partial charge on any atom is -0.373 e. The van der Waals surface area contributed by atoms with Crippen LogP contribution in [0.5, 0.6) is 0 Å². The Morgan fingerprint density at radius 3 is 2.52 bits per heavy atom. The van der Waals surface area contributed by atoms with Gasteiger partial charge in [0.1, 0.15) is 5.82 Å². The number of halogens is 1. The molecule has 1 saturated heterocycles. The first kappa shape index (κ1) is 16.4. The quantitative estimate of drug-likeness (QED) is 0.891. The second-order valence-corrected chi connectivity index (χ2v) is 7.07. The highest BCUT2D eigenvalue weighted by Crippen LogP contribution is 2.13. The zero-order valence-corrected chi connectivity index (χ0v) is 13.1. The lowest BCUT2D eigenvalue weighted by molar-refractivity contribution is -0.0443. The molecule has 5 nitrogen and oxygen atoms in total. The molecule has 0 saturated carbocycles. The summed E-state index contributed by atoms with van der Waals surface area (Å²) in [6.07, 6.45) is 0.0650. The Morgan fingerprint density at radius 1 is 1.29 bits per heavy atom. The van der Waals surface area contributed by atoms with Gasteiger partial charge < -0.3 is 4.74 Å². The van der Waals surface area contributed by atoms with Gasteiger partial charge in [-0.15, -0.1) is 0 Å². The van der Waals surface area contributed by atoms with Crippen LogP contribution in [0.1, 0.15) is 19.4 Å². The molecule has 7 heteroatoms. The first-order valence-electron chi connectivity index (χ1n) is 7.02. The van der Waals surface area contributed by atoms with Gasteiger partial charge in [-0.2, -0.15) is 12.7 Å². The van der Waals surface area contributed by atoms with E-state index >= 15 is 0 Å². The van der Waals surface area contributed by atoms with E-state index in [-0.39, 0.29) is 24.6 Å². The van der Waals surface area contributed by atoms with Crippen LogP contribution in [0.3, 0.4) is 0 Å². The monoisotopic (exact) mass is 316 g/mol. The van der Waals surface area contributed by atoms with Crippen molar-refractivity contribution in [3.63, 3.8) is 0 Å². The molecule has 0 bridgehead atoms. The fraction of sp³-hybridized carbons (Fsp3) is 0.571. The van der Waals surface area contributed by atoms with Crippen molar-refractivity contribution in [3.05, 3.63) is 35.6 Å². The third-order valence-corrected chi connectivity index (χ3v) is 4.91. The molecule has 2 atom stereocenters. The number of ether oxygens (including phenoxy) is 1. The standard InChI is InChI=1S/C14H21FN2O3S/c1-11-9-17(10-12(2)20-11)21(18,19)16-8-7-13-5-3-4-6-14(13)15/h3-6,11-12,16H,7-10H2,1-2H3. The van der Waals surface area contributed by atoms with Gasteiger partial charge in [0.25, 0.3) is 10.2 Å². The maximum Gasteiger partial charge on any atom is 0.279 e. The molecule has 1 aromatic rings. The lowest BCUT2D eigenvalue weighted by atomic mass is 10.1. The van der Waals surface area contributed by atoms with Crippen molar-refractivity contribution in [2.75, 3.05) is 19.6 Å². The van der Waals surface area contributed by atoms with Gasteiger partial charge in [0.05, 0.1) is 12.2 Å². The lowest BCUT2D eigenvalue weighted by Gasteiger charge is -2.34. The van der Waals surface area contributed by atoms with E-state index in [1.165, 1.54) is 10.4 Å². The first-order valence-corrected chi connectivity index (χ1v) is 8.46. The van der Waals surface area contributed by atoms with Gasteiger partial charge in [0.2, 0.25) is 0 Å². The number of rotatable bonds is 5. The minimum atomic E-state index is -3.55. The van der Waals surface area contributed by atoms with Gasteiger partial charge in [-0.25, -0.2) is 9.11 Å². The Kier molecular flexibility index (Phi) is 5.32. The molecule has 1 fully saturated rings. The van der Waals surface area contributed by atoms with Gasteiger partial charge in [0, 0.05) is 19.6 Å². The van der Waals surface area contributed by atoms with Crippen LogP contribution in [0, 0.1) is 5.82 Å². The molecule has 0 aliphatic carbocycles. The predicted molar refractivity (Wildman–Crippen MR) is 78.6 cm³/mol. The van der Waals surface area contributed by atoms with E-state index < -0.39 is 10.2 Å². The average molecular weight is 316 g/mol. The Hall–Kier alpha value is -1.02. The molecule has 0 radical (unpaired) electrons. The smallest absolute Gasteiger partial charge is 0.279 e. The molecule has 118 valence electrons. The number of nitrogens with one attached hydrogen (secondary N) is 1. The molecule has 2 unspecified atom stereocenters. The van der Waals surface area contributed by atoms with Crippen LogP contribution < -0.4 is 4.72 Å². The summed E-state index contributed by atoms with van der Waals surface area (Å²) in [7, 11) is -3.55. The Balaban J connectivity index is 1.91. The molecule has 0 spiro atoms. The molecule has 1 aliphatic rings. The van der Waals surface area contributed by atoms with Crippen molar-refractivity contribution in [2.45, 2.75) is 32.5 Å². The maximum atomic E-state index is 13.5. The summed E-state index contributed by atoms with van der Waals surface area (Å²) in [5, 5.41) is 0. The zero-order chi connectivity index (χ0) is 15.5. The highest BCUT2D eigenvalue weighted by Gasteiger charge is 2.30. The minimum absolute atomic E-state index is 0.128. The summed E-state index contributed by atoms with van der Waals surface area (Å²) < 4.78 is 47.3. The van der Waals surface area contributed by atoms with E-state index in [4.69, 9.17) is 4.74 Å². The van der Waals surface area contributed by atoms with Crippen LogP contribution >= 0.6 is 0 Å². The normalized spacial score (nSPS) is 24.1. The van der Waals surface area contributed by atoms with Crippen molar-refractivity contribution in [1.29, 1.82) is 0 Å². The largest absolute Gasteiger partial charge is 0.373 e.